The molecule has 3 rings (SSSR count). The third-order valence-corrected chi connectivity index (χ3v) is 4.29. The van der Waals surface area contributed by atoms with Crippen molar-refractivity contribution in [2.75, 3.05) is 39.3 Å². The highest BCUT2D eigenvalue weighted by Gasteiger charge is 2.32. The maximum Gasteiger partial charge on any atom is 0.401 e. The van der Waals surface area contributed by atoms with Crippen LogP contribution in [-0.4, -0.2) is 71.3 Å². The molecular formula is C14H21ClF3N5O. The van der Waals surface area contributed by atoms with Crippen LogP contribution in [0.5, 0.6) is 0 Å². The molecule has 0 aliphatic carbocycles. The summed E-state index contributed by atoms with van der Waals surface area (Å²) in [5.74, 6) is -0.194. The zero-order valence-electron chi connectivity index (χ0n) is 13.2. The number of H-pyrrole nitrogens is 1. The van der Waals surface area contributed by atoms with E-state index in [1.165, 1.54) is 4.90 Å². The normalized spacial score (nSPS) is 19.4. The lowest BCUT2D eigenvalue weighted by Gasteiger charge is -2.23. The van der Waals surface area contributed by atoms with Gasteiger partial charge in [0.2, 0.25) is 0 Å². The fourth-order valence-corrected chi connectivity index (χ4v) is 3.14. The summed E-state index contributed by atoms with van der Waals surface area (Å²) in [4.78, 5) is 15.6. The number of amides is 1. The third kappa shape index (κ3) is 4.40. The summed E-state index contributed by atoms with van der Waals surface area (Å²) in [5, 5.41) is 10.2. The molecule has 6 nitrogen and oxygen atoms in total. The highest BCUT2D eigenvalue weighted by Crippen LogP contribution is 2.20. The number of aromatic amines is 1. The fraction of sp³-hybridized carbons (Fsp3) is 0.714. The van der Waals surface area contributed by atoms with Gasteiger partial charge < -0.3 is 10.2 Å². The van der Waals surface area contributed by atoms with Gasteiger partial charge in [0, 0.05) is 56.9 Å². The molecule has 0 bridgehead atoms. The standard InChI is InChI=1S/C14H20F3N5O.ClH/c15-14(16,17)9-21-4-1-5-22(7-6-21)13(23)12-10-8-18-3-2-11(10)19-20-12;/h18H,1-9H2,(H,19,20);1H. The minimum Gasteiger partial charge on any atom is -0.336 e. The molecule has 0 atom stereocenters. The minimum absolute atomic E-state index is 0. The molecule has 0 aromatic carbocycles. The second kappa shape index (κ2) is 7.71. The summed E-state index contributed by atoms with van der Waals surface area (Å²) in [6, 6.07) is 0. The van der Waals surface area contributed by atoms with Gasteiger partial charge in [-0.2, -0.15) is 18.3 Å². The lowest BCUT2D eigenvalue weighted by atomic mass is 10.1. The molecule has 24 heavy (non-hydrogen) atoms. The van der Waals surface area contributed by atoms with E-state index in [-0.39, 0.29) is 24.9 Å². The monoisotopic (exact) mass is 367 g/mol. The van der Waals surface area contributed by atoms with E-state index in [0.717, 1.165) is 24.2 Å². The van der Waals surface area contributed by atoms with E-state index in [1.807, 2.05) is 0 Å². The van der Waals surface area contributed by atoms with Crippen molar-refractivity contribution in [3.8, 4) is 0 Å². The van der Waals surface area contributed by atoms with E-state index in [1.54, 1.807) is 4.90 Å². The van der Waals surface area contributed by atoms with Crippen LogP contribution in [0.4, 0.5) is 13.2 Å². The molecule has 1 saturated heterocycles. The van der Waals surface area contributed by atoms with Crippen LogP contribution in [0.3, 0.4) is 0 Å². The third-order valence-electron chi connectivity index (χ3n) is 4.29. The highest BCUT2D eigenvalue weighted by atomic mass is 35.5. The number of fused-ring (bicyclic) bond motifs is 1. The first-order valence-corrected chi connectivity index (χ1v) is 7.79. The van der Waals surface area contributed by atoms with Crippen LogP contribution in [0.25, 0.3) is 0 Å². The lowest BCUT2D eigenvalue weighted by Crippen LogP contribution is -2.39. The molecular weight excluding hydrogens is 347 g/mol. The molecule has 1 aromatic heterocycles. The fourth-order valence-electron chi connectivity index (χ4n) is 3.14. The van der Waals surface area contributed by atoms with Gasteiger partial charge in [-0.25, -0.2) is 0 Å². The smallest absolute Gasteiger partial charge is 0.336 e. The maximum absolute atomic E-state index is 12.7. The van der Waals surface area contributed by atoms with Crippen molar-refractivity contribution in [1.29, 1.82) is 0 Å². The van der Waals surface area contributed by atoms with Crippen molar-refractivity contribution in [1.82, 2.24) is 25.3 Å². The molecule has 136 valence electrons. The van der Waals surface area contributed by atoms with Crippen molar-refractivity contribution < 1.29 is 18.0 Å². The van der Waals surface area contributed by atoms with Gasteiger partial charge in [-0.3, -0.25) is 14.8 Å². The SMILES string of the molecule is Cl.O=C(c1n[nH]c2c1CNCC2)N1CCCN(CC(F)(F)F)CC1. The molecule has 0 saturated carbocycles. The zero-order valence-corrected chi connectivity index (χ0v) is 14.0. The van der Waals surface area contributed by atoms with Crippen molar-refractivity contribution in [2.45, 2.75) is 25.6 Å². The average molecular weight is 368 g/mol. The van der Waals surface area contributed by atoms with Gasteiger partial charge in [-0.1, -0.05) is 0 Å². The Kier molecular flexibility index (Phi) is 6.11. The number of hydrogen-bond donors (Lipinski definition) is 2. The average Bonchev–Trinajstić information content (AvgIpc) is 2.79. The van der Waals surface area contributed by atoms with Crippen molar-refractivity contribution in [2.24, 2.45) is 0 Å². The Hall–Kier alpha value is -1.32. The summed E-state index contributed by atoms with van der Waals surface area (Å²) >= 11 is 0. The zero-order chi connectivity index (χ0) is 16.4. The van der Waals surface area contributed by atoms with Gasteiger partial charge in [-0.05, 0) is 6.42 Å². The topological polar surface area (TPSA) is 64.3 Å². The molecule has 2 aliphatic rings. The number of hydrogen-bond acceptors (Lipinski definition) is 4. The van der Waals surface area contributed by atoms with Crippen LogP contribution < -0.4 is 5.32 Å². The molecule has 3 heterocycles. The van der Waals surface area contributed by atoms with E-state index in [0.29, 0.717) is 38.3 Å². The predicted octanol–water partition coefficient (Wildman–Crippen LogP) is 1.19. The molecule has 0 unspecified atom stereocenters. The lowest BCUT2D eigenvalue weighted by molar-refractivity contribution is -0.145. The molecule has 1 fully saturated rings. The van der Waals surface area contributed by atoms with Gasteiger partial charge in [-0.15, -0.1) is 12.4 Å². The number of nitrogens with zero attached hydrogens (tertiary/aromatic N) is 3. The van der Waals surface area contributed by atoms with Crippen LogP contribution in [0.1, 0.15) is 28.2 Å². The van der Waals surface area contributed by atoms with Crippen molar-refractivity contribution in [3.63, 3.8) is 0 Å². The molecule has 2 aliphatic heterocycles. The first-order chi connectivity index (χ1) is 10.9. The van der Waals surface area contributed by atoms with E-state index in [4.69, 9.17) is 0 Å². The van der Waals surface area contributed by atoms with Crippen molar-refractivity contribution in [3.05, 3.63) is 17.0 Å². The number of nitrogens with one attached hydrogen (secondary N) is 2. The van der Waals surface area contributed by atoms with E-state index in [2.05, 4.69) is 15.5 Å². The van der Waals surface area contributed by atoms with Gasteiger partial charge in [0.15, 0.2) is 5.69 Å². The van der Waals surface area contributed by atoms with Crippen LogP contribution in [0, 0.1) is 0 Å². The molecule has 1 aromatic rings. The van der Waals surface area contributed by atoms with E-state index < -0.39 is 12.7 Å². The van der Waals surface area contributed by atoms with Crippen LogP contribution >= 0.6 is 12.4 Å². The van der Waals surface area contributed by atoms with Crippen molar-refractivity contribution >= 4 is 18.3 Å². The Balaban J connectivity index is 0.00000208. The number of rotatable bonds is 2. The first-order valence-electron chi connectivity index (χ1n) is 7.79. The Morgan fingerprint density at radius 2 is 2.00 bits per heavy atom. The Morgan fingerprint density at radius 3 is 2.75 bits per heavy atom. The number of carbonyl (C=O) groups excluding carboxylic acids is 1. The summed E-state index contributed by atoms with van der Waals surface area (Å²) < 4.78 is 37.5. The summed E-state index contributed by atoms with van der Waals surface area (Å²) in [5.41, 5.74) is 2.26. The second-order valence-electron chi connectivity index (χ2n) is 5.99. The van der Waals surface area contributed by atoms with Crippen LogP contribution in [0.2, 0.25) is 0 Å². The number of alkyl halides is 3. The molecule has 10 heteroatoms. The Labute approximate surface area is 144 Å². The van der Waals surface area contributed by atoms with Gasteiger partial charge in [0.25, 0.3) is 5.91 Å². The molecule has 2 N–H and O–H groups in total. The molecule has 0 radical (unpaired) electrons. The van der Waals surface area contributed by atoms with E-state index >= 15 is 0 Å². The number of aromatic nitrogens is 2. The van der Waals surface area contributed by atoms with Crippen LogP contribution in [-0.2, 0) is 13.0 Å². The van der Waals surface area contributed by atoms with Gasteiger partial charge >= 0.3 is 6.18 Å². The Bertz CT molecular complexity index is 577. The molecule has 0 spiro atoms. The summed E-state index contributed by atoms with van der Waals surface area (Å²) in [6.45, 7) is 1.86. The molecule has 1 amide bonds. The van der Waals surface area contributed by atoms with E-state index in [9.17, 15) is 18.0 Å². The van der Waals surface area contributed by atoms with Gasteiger partial charge in [0.1, 0.15) is 0 Å². The maximum atomic E-state index is 12.7. The Morgan fingerprint density at radius 1 is 1.21 bits per heavy atom. The first kappa shape index (κ1) is 19.0. The number of halogens is 4. The summed E-state index contributed by atoms with van der Waals surface area (Å²) in [7, 11) is 0. The quantitative estimate of drug-likeness (QED) is 0.824. The second-order valence-corrected chi connectivity index (χ2v) is 5.99. The van der Waals surface area contributed by atoms with Crippen LogP contribution in [0.15, 0.2) is 0 Å². The minimum atomic E-state index is -4.20. The predicted molar refractivity (Wildman–Crippen MR) is 84.3 cm³/mol. The van der Waals surface area contributed by atoms with Gasteiger partial charge in [0.05, 0.1) is 6.54 Å². The number of carbonyl (C=O) groups is 1. The largest absolute Gasteiger partial charge is 0.401 e. The highest BCUT2D eigenvalue weighted by molar-refractivity contribution is 5.94. The summed E-state index contributed by atoms with van der Waals surface area (Å²) in [6.07, 6.45) is -2.87.